The molecule has 3 rings (SSSR count). The number of aryl methyl sites for hydroxylation is 1. The first-order valence-electron chi connectivity index (χ1n) is 6.75. The number of allylic oxidation sites excluding steroid dienone is 1. The van der Waals surface area contributed by atoms with Gasteiger partial charge in [0.1, 0.15) is 0 Å². The van der Waals surface area contributed by atoms with E-state index in [4.69, 9.17) is 0 Å². The van der Waals surface area contributed by atoms with E-state index in [9.17, 15) is 0 Å². The highest BCUT2D eigenvalue weighted by Crippen LogP contribution is 2.35. The van der Waals surface area contributed by atoms with Crippen molar-refractivity contribution in [2.24, 2.45) is 0 Å². The van der Waals surface area contributed by atoms with Gasteiger partial charge in [-0.05, 0) is 38.5 Å². The first kappa shape index (κ1) is 12.0. The molecule has 0 amide bonds. The molecule has 1 atom stereocenters. The van der Waals surface area contributed by atoms with Crippen LogP contribution in [0.4, 0.5) is 0 Å². The minimum atomic E-state index is 0.309. The molecule has 0 aliphatic heterocycles. The summed E-state index contributed by atoms with van der Waals surface area (Å²) in [5.74, 6) is 0. The van der Waals surface area contributed by atoms with Crippen molar-refractivity contribution in [1.82, 2.24) is 4.57 Å². The lowest BCUT2D eigenvalue weighted by Crippen LogP contribution is -2.05. The first-order valence-corrected chi connectivity index (χ1v) is 6.75. The van der Waals surface area contributed by atoms with Gasteiger partial charge in [-0.1, -0.05) is 42.5 Å². The third-order valence-electron chi connectivity index (χ3n) is 4.04. The molecular weight excluding hydrogens is 230 g/mol. The molecule has 0 saturated heterocycles. The van der Waals surface area contributed by atoms with Crippen LogP contribution < -0.4 is 0 Å². The van der Waals surface area contributed by atoms with Crippen LogP contribution in [0, 0.1) is 6.92 Å². The topological polar surface area (TPSA) is 4.93 Å². The fraction of sp³-hybridized carbons (Fsp3) is 0.222. The largest absolute Gasteiger partial charge is 0.333 e. The Morgan fingerprint density at radius 3 is 2.47 bits per heavy atom. The second-order valence-electron chi connectivity index (χ2n) is 5.38. The summed E-state index contributed by atoms with van der Waals surface area (Å²) < 4.78 is 2.40. The Kier molecular flexibility index (Phi) is 2.70. The van der Waals surface area contributed by atoms with Crippen LogP contribution in [-0.4, -0.2) is 4.57 Å². The summed E-state index contributed by atoms with van der Waals surface area (Å²) in [7, 11) is 0. The maximum Gasteiger partial charge on any atom is 0.0518 e. The van der Waals surface area contributed by atoms with Gasteiger partial charge in [0.25, 0.3) is 0 Å². The number of fused-ring (bicyclic) bond motifs is 3. The summed E-state index contributed by atoms with van der Waals surface area (Å²) in [5, 5.41) is 2.70. The zero-order chi connectivity index (χ0) is 13.6. The average Bonchev–Trinajstić information content (AvgIpc) is 2.73. The van der Waals surface area contributed by atoms with E-state index in [0.717, 1.165) is 0 Å². The van der Waals surface area contributed by atoms with Crippen molar-refractivity contribution in [2.75, 3.05) is 0 Å². The Hall–Kier alpha value is -2.02. The standard InChI is InChI=1S/C18H19N/c1-12(2)14(4)19-16-10-6-5-9-15(16)18-13(3)8-7-11-17(18)19/h5-11,14H,1H2,2-4H3/t14-/m1/s1. The molecule has 1 heterocycles. The summed E-state index contributed by atoms with van der Waals surface area (Å²) in [4.78, 5) is 0. The lowest BCUT2D eigenvalue weighted by molar-refractivity contribution is 0.672. The fourth-order valence-corrected chi connectivity index (χ4v) is 2.87. The lowest BCUT2D eigenvalue weighted by atomic mass is 10.1. The third kappa shape index (κ3) is 1.69. The van der Waals surface area contributed by atoms with E-state index < -0.39 is 0 Å². The van der Waals surface area contributed by atoms with E-state index >= 15 is 0 Å². The number of para-hydroxylation sites is 1. The SMILES string of the molecule is C=C(C)[C@@H](C)n1c2ccccc2c2c(C)cccc21. The normalized spacial score (nSPS) is 13.0. The number of hydrogen-bond acceptors (Lipinski definition) is 0. The maximum atomic E-state index is 4.13. The van der Waals surface area contributed by atoms with Crippen LogP contribution in [0.15, 0.2) is 54.6 Å². The van der Waals surface area contributed by atoms with Crippen molar-refractivity contribution in [2.45, 2.75) is 26.8 Å². The van der Waals surface area contributed by atoms with Gasteiger partial charge in [-0.15, -0.1) is 0 Å². The van der Waals surface area contributed by atoms with Crippen LogP contribution in [0.1, 0.15) is 25.5 Å². The maximum absolute atomic E-state index is 4.13. The molecule has 3 aromatic rings. The smallest absolute Gasteiger partial charge is 0.0518 e. The van der Waals surface area contributed by atoms with E-state index in [1.807, 2.05) is 0 Å². The molecule has 0 saturated carbocycles. The Morgan fingerprint density at radius 1 is 1.05 bits per heavy atom. The Balaban J connectivity index is 2.53. The summed E-state index contributed by atoms with van der Waals surface area (Å²) in [6.45, 7) is 10.6. The highest BCUT2D eigenvalue weighted by molar-refractivity contribution is 6.09. The van der Waals surface area contributed by atoms with Gasteiger partial charge >= 0.3 is 0 Å². The molecule has 0 spiro atoms. The zero-order valence-corrected chi connectivity index (χ0v) is 11.8. The predicted octanol–water partition coefficient (Wildman–Crippen LogP) is 5.24. The van der Waals surface area contributed by atoms with Gasteiger partial charge in [-0.2, -0.15) is 0 Å². The Labute approximate surface area is 114 Å². The van der Waals surface area contributed by atoms with Crippen LogP contribution in [-0.2, 0) is 0 Å². The van der Waals surface area contributed by atoms with Crippen molar-refractivity contribution in [3.05, 3.63) is 60.2 Å². The summed E-state index contributed by atoms with van der Waals surface area (Å²) in [6.07, 6.45) is 0. The number of hydrogen-bond donors (Lipinski definition) is 0. The Bertz CT molecular complexity index is 777. The monoisotopic (exact) mass is 249 g/mol. The minimum Gasteiger partial charge on any atom is -0.333 e. The van der Waals surface area contributed by atoms with E-state index in [-0.39, 0.29) is 0 Å². The van der Waals surface area contributed by atoms with E-state index in [1.165, 1.54) is 32.9 Å². The second kappa shape index (κ2) is 4.27. The number of aromatic nitrogens is 1. The molecule has 96 valence electrons. The Morgan fingerprint density at radius 2 is 1.74 bits per heavy atom. The minimum absolute atomic E-state index is 0.309. The van der Waals surface area contributed by atoms with Gasteiger partial charge in [0.2, 0.25) is 0 Å². The van der Waals surface area contributed by atoms with E-state index in [1.54, 1.807) is 0 Å². The van der Waals surface area contributed by atoms with Crippen LogP contribution in [0.5, 0.6) is 0 Å². The van der Waals surface area contributed by atoms with Crippen molar-refractivity contribution in [3.8, 4) is 0 Å². The molecule has 0 aliphatic carbocycles. The van der Waals surface area contributed by atoms with E-state index in [2.05, 4.69) is 74.4 Å². The van der Waals surface area contributed by atoms with Gasteiger partial charge in [0.05, 0.1) is 6.04 Å². The molecule has 1 heteroatoms. The van der Waals surface area contributed by atoms with Crippen LogP contribution in [0.2, 0.25) is 0 Å². The van der Waals surface area contributed by atoms with Crippen LogP contribution in [0.3, 0.4) is 0 Å². The van der Waals surface area contributed by atoms with Crippen molar-refractivity contribution >= 4 is 21.8 Å². The number of nitrogens with zero attached hydrogens (tertiary/aromatic N) is 1. The highest BCUT2D eigenvalue weighted by atomic mass is 15.0. The molecule has 0 N–H and O–H groups in total. The van der Waals surface area contributed by atoms with Crippen LogP contribution >= 0.6 is 0 Å². The van der Waals surface area contributed by atoms with Gasteiger partial charge in [0, 0.05) is 21.8 Å². The molecule has 0 radical (unpaired) electrons. The molecule has 0 bridgehead atoms. The quantitative estimate of drug-likeness (QED) is 0.547. The second-order valence-corrected chi connectivity index (χ2v) is 5.38. The average molecular weight is 249 g/mol. The first-order chi connectivity index (χ1) is 9.11. The lowest BCUT2D eigenvalue weighted by Gasteiger charge is -2.17. The van der Waals surface area contributed by atoms with Gasteiger partial charge < -0.3 is 4.57 Å². The molecule has 1 aromatic heterocycles. The molecule has 0 aliphatic rings. The molecule has 2 aromatic carbocycles. The number of rotatable bonds is 2. The van der Waals surface area contributed by atoms with E-state index in [0.29, 0.717) is 6.04 Å². The summed E-state index contributed by atoms with van der Waals surface area (Å²) in [5.41, 5.74) is 5.12. The van der Waals surface area contributed by atoms with Crippen molar-refractivity contribution in [3.63, 3.8) is 0 Å². The molecular formula is C18H19N. The molecule has 1 nitrogen and oxygen atoms in total. The van der Waals surface area contributed by atoms with Crippen molar-refractivity contribution < 1.29 is 0 Å². The van der Waals surface area contributed by atoms with Gasteiger partial charge in [-0.3, -0.25) is 0 Å². The highest BCUT2D eigenvalue weighted by Gasteiger charge is 2.15. The predicted molar refractivity (Wildman–Crippen MR) is 83.7 cm³/mol. The molecule has 19 heavy (non-hydrogen) atoms. The molecule has 0 fully saturated rings. The summed E-state index contributed by atoms with van der Waals surface area (Å²) >= 11 is 0. The van der Waals surface area contributed by atoms with Crippen molar-refractivity contribution in [1.29, 1.82) is 0 Å². The number of benzene rings is 2. The molecule has 0 unspecified atom stereocenters. The van der Waals surface area contributed by atoms with Crippen LogP contribution in [0.25, 0.3) is 21.8 Å². The summed E-state index contributed by atoms with van der Waals surface area (Å²) in [6, 6.07) is 15.5. The fourth-order valence-electron chi connectivity index (χ4n) is 2.87. The third-order valence-corrected chi connectivity index (χ3v) is 4.04. The van der Waals surface area contributed by atoms with Gasteiger partial charge in [0.15, 0.2) is 0 Å². The van der Waals surface area contributed by atoms with Gasteiger partial charge in [-0.25, -0.2) is 0 Å². The zero-order valence-electron chi connectivity index (χ0n) is 11.8.